The lowest BCUT2D eigenvalue weighted by molar-refractivity contribution is 0.0955. The lowest BCUT2D eigenvalue weighted by Crippen LogP contribution is -2.23. The average molecular weight is 316 g/mol. The van der Waals surface area contributed by atoms with Gasteiger partial charge in [0.25, 0.3) is 5.91 Å². The van der Waals surface area contributed by atoms with Crippen molar-refractivity contribution >= 4 is 17.2 Å². The Kier molecular flexibility index (Phi) is 4.05. The molecular weight excluding hydrogens is 304 g/mol. The molecule has 3 rings (SSSR count). The topological polar surface area (TPSA) is 94.8 Å². The number of pyridine rings is 1. The van der Waals surface area contributed by atoms with Crippen LogP contribution < -0.4 is 10.1 Å². The predicted molar refractivity (Wildman–Crippen MR) is 79.0 cm³/mol. The van der Waals surface area contributed by atoms with E-state index in [0.29, 0.717) is 23.0 Å². The van der Waals surface area contributed by atoms with Gasteiger partial charge in [-0.3, -0.25) is 4.79 Å². The molecule has 3 heterocycles. The van der Waals surface area contributed by atoms with Gasteiger partial charge in [0.15, 0.2) is 0 Å². The van der Waals surface area contributed by atoms with Crippen molar-refractivity contribution in [2.75, 3.05) is 7.11 Å². The standard InChI is InChI=1S/C13H12N6O2S/c1-21-11-6-9(2-4-14-11)7-15-13(20)12-10(3-5-22-12)19-8-16-17-18-19/h2-6,8H,7H2,1H3,(H,15,20). The minimum atomic E-state index is -0.184. The summed E-state index contributed by atoms with van der Waals surface area (Å²) in [6.45, 7) is 0.380. The van der Waals surface area contributed by atoms with Crippen LogP contribution in [0.5, 0.6) is 5.88 Å². The number of nitrogens with one attached hydrogen (secondary N) is 1. The van der Waals surface area contributed by atoms with Crippen LogP contribution in [0.25, 0.3) is 5.69 Å². The summed E-state index contributed by atoms with van der Waals surface area (Å²) >= 11 is 1.33. The van der Waals surface area contributed by atoms with Crippen molar-refractivity contribution in [3.05, 3.63) is 46.5 Å². The van der Waals surface area contributed by atoms with Crippen LogP contribution in [-0.4, -0.2) is 38.2 Å². The first kappa shape index (κ1) is 14.1. The van der Waals surface area contributed by atoms with Gasteiger partial charge in [-0.2, -0.15) is 4.68 Å². The van der Waals surface area contributed by atoms with Crippen LogP contribution in [0.2, 0.25) is 0 Å². The molecule has 22 heavy (non-hydrogen) atoms. The molecule has 1 amide bonds. The van der Waals surface area contributed by atoms with Crippen molar-refractivity contribution in [2.24, 2.45) is 0 Å². The molecule has 0 saturated heterocycles. The highest BCUT2D eigenvalue weighted by atomic mass is 32.1. The number of aromatic nitrogens is 5. The average Bonchev–Trinajstić information content (AvgIpc) is 3.23. The smallest absolute Gasteiger partial charge is 0.263 e. The van der Waals surface area contributed by atoms with E-state index in [1.54, 1.807) is 25.4 Å². The van der Waals surface area contributed by atoms with Crippen molar-refractivity contribution in [3.8, 4) is 11.6 Å². The zero-order chi connectivity index (χ0) is 15.4. The monoisotopic (exact) mass is 316 g/mol. The molecule has 0 aliphatic rings. The number of methoxy groups -OCH3 is 1. The Morgan fingerprint density at radius 1 is 1.45 bits per heavy atom. The largest absolute Gasteiger partial charge is 0.481 e. The van der Waals surface area contributed by atoms with Gasteiger partial charge in [-0.25, -0.2) is 4.98 Å². The van der Waals surface area contributed by atoms with E-state index in [9.17, 15) is 4.79 Å². The molecule has 0 unspecified atom stereocenters. The number of hydrogen-bond donors (Lipinski definition) is 1. The lowest BCUT2D eigenvalue weighted by Gasteiger charge is -2.06. The molecule has 3 aromatic rings. The van der Waals surface area contributed by atoms with Gasteiger partial charge in [0.05, 0.1) is 12.8 Å². The van der Waals surface area contributed by atoms with Crippen molar-refractivity contribution in [3.63, 3.8) is 0 Å². The Bertz CT molecular complexity index is 770. The maximum Gasteiger partial charge on any atom is 0.263 e. The summed E-state index contributed by atoms with van der Waals surface area (Å²) in [5.41, 5.74) is 1.56. The maximum absolute atomic E-state index is 12.3. The molecule has 0 aliphatic carbocycles. The molecule has 0 aliphatic heterocycles. The second kappa shape index (κ2) is 6.31. The summed E-state index contributed by atoms with van der Waals surface area (Å²) in [4.78, 5) is 16.9. The van der Waals surface area contributed by atoms with E-state index in [-0.39, 0.29) is 5.91 Å². The van der Waals surface area contributed by atoms with Gasteiger partial charge >= 0.3 is 0 Å². The van der Waals surface area contributed by atoms with Gasteiger partial charge in [-0.1, -0.05) is 0 Å². The minimum absolute atomic E-state index is 0.184. The maximum atomic E-state index is 12.3. The van der Waals surface area contributed by atoms with Gasteiger partial charge < -0.3 is 10.1 Å². The SMILES string of the molecule is COc1cc(CNC(=O)c2sccc2-n2cnnn2)ccn1. The lowest BCUT2D eigenvalue weighted by atomic mass is 10.2. The van der Waals surface area contributed by atoms with E-state index in [1.165, 1.54) is 22.3 Å². The van der Waals surface area contributed by atoms with Crippen molar-refractivity contribution in [1.29, 1.82) is 0 Å². The third kappa shape index (κ3) is 2.93. The number of hydrogen-bond acceptors (Lipinski definition) is 7. The Balaban J connectivity index is 1.71. The van der Waals surface area contributed by atoms with Crippen LogP contribution >= 0.6 is 11.3 Å². The minimum Gasteiger partial charge on any atom is -0.481 e. The van der Waals surface area contributed by atoms with Crippen molar-refractivity contribution in [1.82, 2.24) is 30.5 Å². The van der Waals surface area contributed by atoms with Crippen molar-refractivity contribution < 1.29 is 9.53 Å². The highest BCUT2D eigenvalue weighted by molar-refractivity contribution is 7.12. The number of carbonyl (C=O) groups excluding carboxylic acids is 1. The molecule has 0 fully saturated rings. The molecular formula is C13H12N6O2S. The number of carbonyl (C=O) groups is 1. The molecule has 0 saturated carbocycles. The first-order valence-corrected chi connectivity index (χ1v) is 7.24. The van der Waals surface area contributed by atoms with E-state index in [0.717, 1.165) is 5.56 Å². The highest BCUT2D eigenvalue weighted by Gasteiger charge is 2.15. The first-order valence-electron chi connectivity index (χ1n) is 6.36. The van der Waals surface area contributed by atoms with Gasteiger partial charge in [0, 0.05) is 18.8 Å². The fourth-order valence-electron chi connectivity index (χ4n) is 1.86. The molecule has 0 spiro atoms. The van der Waals surface area contributed by atoms with Crippen LogP contribution in [-0.2, 0) is 6.54 Å². The Hall–Kier alpha value is -2.81. The van der Waals surface area contributed by atoms with E-state index in [4.69, 9.17) is 4.74 Å². The molecule has 0 bridgehead atoms. The van der Waals surface area contributed by atoms with Gasteiger partial charge in [0.2, 0.25) is 5.88 Å². The number of nitrogens with zero attached hydrogens (tertiary/aromatic N) is 5. The van der Waals surface area contributed by atoms with Crippen LogP contribution in [0.15, 0.2) is 36.1 Å². The van der Waals surface area contributed by atoms with Crippen LogP contribution in [0.4, 0.5) is 0 Å². The van der Waals surface area contributed by atoms with Gasteiger partial charge in [0.1, 0.15) is 11.2 Å². The Labute approximate surface area is 129 Å². The van der Waals surface area contributed by atoms with Crippen LogP contribution in [0.3, 0.4) is 0 Å². The van der Waals surface area contributed by atoms with Crippen molar-refractivity contribution in [2.45, 2.75) is 6.54 Å². The number of amides is 1. The molecule has 8 nitrogen and oxygen atoms in total. The summed E-state index contributed by atoms with van der Waals surface area (Å²) in [6.07, 6.45) is 3.09. The fourth-order valence-corrected chi connectivity index (χ4v) is 2.65. The van der Waals surface area contributed by atoms with Gasteiger partial charge in [-0.05, 0) is 33.5 Å². The molecule has 112 valence electrons. The number of rotatable bonds is 5. The third-order valence-corrected chi connectivity index (χ3v) is 3.81. The quantitative estimate of drug-likeness (QED) is 0.756. The summed E-state index contributed by atoms with van der Waals surface area (Å²) in [5, 5.41) is 15.6. The van der Waals surface area contributed by atoms with E-state index < -0.39 is 0 Å². The molecule has 9 heteroatoms. The van der Waals surface area contributed by atoms with Crippen LogP contribution in [0, 0.1) is 0 Å². The zero-order valence-corrected chi connectivity index (χ0v) is 12.4. The third-order valence-electron chi connectivity index (χ3n) is 2.91. The highest BCUT2D eigenvalue weighted by Crippen LogP contribution is 2.20. The van der Waals surface area contributed by atoms with Crippen LogP contribution in [0.1, 0.15) is 15.2 Å². The summed E-state index contributed by atoms with van der Waals surface area (Å²) in [5.74, 6) is 0.327. The second-order valence-corrected chi connectivity index (χ2v) is 5.19. The van der Waals surface area contributed by atoms with E-state index in [1.807, 2.05) is 11.4 Å². The fraction of sp³-hybridized carbons (Fsp3) is 0.154. The summed E-state index contributed by atoms with van der Waals surface area (Å²) < 4.78 is 6.51. The number of ether oxygens (including phenoxy) is 1. The Morgan fingerprint density at radius 3 is 3.14 bits per heavy atom. The summed E-state index contributed by atoms with van der Waals surface area (Å²) in [6, 6.07) is 5.39. The molecule has 0 aromatic carbocycles. The number of tetrazole rings is 1. The molecule has 1 N–H and O–H groups in total. The zero-order valence-electron chi connectivity index (χ0n) is 11.6. The van der Waals surface area contributed by atoms with Gasteiger partial charge in [-0.15, -0.1) is 16.4 Å². The second-order valence-electron chi connectivity index (χ2n) is 4.28. The Morgan fingerprint density at radius 2 is 2.36 bits per heavy atom. The molecule has 3 aromatic heterocycles. The molecule has 0 atom stereocenters. The molecule has 0 radical (unpaired) electrons. The predicted octanol–water partition coefficient (Wildman–Crippen LogP) is 1.06. The normalized spacial score (nSPS) is 10.4. The number of thiophene rings is 1. The van der Waals surface area contributed by atoms with E-state index in [2.05, 4.69) is 25.8 Å². The summed E-state index contributed by atoms with van der Waals surface area (Å²) in [7, 11) is 1.55. The van der Waals surface area contributed by atoms with E-state index >= 15 is 0 Å². The first-order chi connectivity index (χ1) is 10.8.